The van der Waals surface area contributed by atoms with E-state index in [9.17, 15) is 0 Å². The Hall–Kier alpha value is -0.990. The molecule has 0 saturated heterocycles. The Kier molecular flexibility index (Phi) is 2.98. The number of anilines is 1. The molecule has 1 N–H and O–H groups in total. The van der Waals surface area contributed by atoms with Crippen molar-refractivity contribution in [2.45, 2.75) is 39.2 Å². The van der Waals surface area contributed by atoms with Gasteiger partial charge in [-0.3, -0.25) is 4.68 Å². The van der Waals surface area contributed by atoms with E-state index in [1.165, 1.54) is 19.3 Å². The van der Waals surface area contributed by atoms with Crippen molar-refractivity contribution in [2.75, 3.05) is 5.32 Å². The first-order valence-corrected chi connectivity index (χ1v) is 5.92. The molecule has 3 heteroatoms. The summed E-state index contributed by atoms with van der Waals surface area (Å²) in [6, 6.07) is 0.614. The molecule has 1 aromatic heterocycles. The van der Waals surface area contributed by atoms with Gasteiger partial charge in [0.1, 0.15) is 0 Å². The molecule has 0 spiro atoms. The molecule has 1 aliphatic rings. The fraction of sp³-hybridized carbons (Fsp3) is 0.750. The fourth-order valence-electron chi connectivity index (χ4n) is 2.65. The van der Waals surface area contributed by atoms with Crippen molar-refractivity contribution in [3.8, 4) is 0 Å². The quantitative estimate of drug-likeness (QED) is 0.808. The highest BCUT2D eigenvalue weighted by atomic mass is 15.3. The summed E-state index contributed by atoms with van der Waals surface area (Å²) in [7, 11) is 1.96. The second kappa shape index (κ2) is 4.25. The van der Waals surface area contributed by atoms with Crippen LogP contribution in [-0.4, -0.2) is 15.8 Å². The van der Waals surface area contributed by atoms with Crippen LogP contribution in [0.5, 0.6) is 0 Å². The van der Waals surface area contributed by atoms with Gasteiger partial charge in [0.2, 0.25) is 0 Å². The fourth-order valence-corrected chi connectivity index (χ4v) is 2.65. The number of rotatable bonds is 2. The Morgan fingerprint density at radius 3 is 2.53 bits per heavy atom. The van der Waals surface area contributed by atoms with Crippen molar-refractivity contribution in [3.05, 3.63) is 12.4 Å². The predicted octanol–water partition coefficient (Wildman–Crippen LogP) is 2.66. The van der Waals surface area contributed by atoms with Crippen LogP contribution in [0.3, 0.4) is 0 Å². The molecule has 1 saturated carbocycles. The number of nitrogens with one attached hydrogen (secondary N) is 1. The average molecular weight is 207 g/mol. The molecule has 0 amide bonds. The van der Waals surface area contributed by atoms with E-state index in [-0.39, 0.29) is 0 Å². The SMILES string of the molecule is C[C@@H]1CCC[C@@H](C)C1Nc1cnn(C)c1. The maximum Gasteiger partial charge on any atom is 0.0728 e. The van der Waals surface area contributed by atoms with Crippen LogP contribution in [0.2, 0.25) is 0 Å². The number of aryl methyl sites for hydroxylation is 1. The predicted molar refractivity (Wildman–Crippen MR) is 62.8 cm³/mol. The van der Waals surface area contributed by atoms with Gasteiger partial charge in [0.05, 0.1) is 11.9 Å². The lowest BCUT2D eigenvalue weighted by Crippen LogP contribution is -2.36. The van der Waals surface area contributed by atoms with Crippen molar-refractivity contribution in [3.63, 3.8) is 0 Å². The highest BCUT2D eigenvalue weighted by molar-refractivity contribution is 5.39. The molecule has 1 fully saturated rings. The van der Waals surface area contributed by atoms with Crippen LogP contribution in [0.25, 0.3) is 0 Å². The summed E-state index contributed by atoms with van der Waals surface area (Å²) in [5.74, 6) is 1.54. The van der Waals surface area contributed by atoms with Crippen molar-refractivity contribution >= 4 is 5.69 Å². The van der Waals surface area contributed by atoms with Crippen LogP contribution in [0.15, 0.2) is 12.4 Å². The van der Waals surface area contributed by atoms with Gasteiger partial charge in [0, 0.05) is 19.3 Å². The van der Waals surface area contributed by atoms with Gasteiger partial charge in [-0.1, -0.05) is 20.3 Å². The third kappa shape index (κ3) is 2.33. The van der Waals surface area contributed by atoms with Crippen molar-refractivity contribution < 1.29 is 0 Å². The van der Waals surface area contributed by atoms with Crippen LogP contribution >= 0.6 is 0 Å². The van der Waals surface area contributed by atoms with Gasteiger partial charge >= 0.3 is 0 Å². The van der Waals surface area contributed by atoms with Crippen LogP contribution in [-0.2, 0) is 7.05 Å². The summed E-state index contributed by atoms with van der Waals surface area (Å²) in [6.45, 7) is 4.70. The molecule has 3 nitrogen and oxygen atoms in total. The lowest BCUT2D eigenvalue weighted by molar-refractivity contribution is 0.268. The first kappa shape index (κ1) is 10.5. The van der Waals surface area contributed by atoms with Crippen LogP contribution in [0.4, 0.5) is 5.69 Å². The van der Waals surface area contributed by atoms with Gasteiger partial charge in [-0.2, -0.15) is 5.10 Å². The molecular formula is C12H21N3. The van der Waals surface area contributed by atoms with E-state index in [4.69, 9.17) is 0 Å². The normalized spacial score (nSPS) is 27.9. The van der Waals surface area contributed by atoms with Gasteiger partial charge in [0.25, 0.3) is 0 Å². The Morgan fingerprint density at radius 1 is 1.33 bits per heavy atom. The molecule has 1 aromatic rings. The standard InChI is InChI=1S/C12H21N3/c1-9-5-4-6-10(2)12(9)14-11-7-13-15(3)8-11/h7-10,12,14H,4-6H2,1-3H3/t9-,10-/m1/s1. The number of aromatic nitrogens is 2. The van der Waals surface area contributed by atoms with Gasteiger partial charge in [-0.05, 0) is 24.7 Å². The van der Waals surface area contributed by atoms with Crippen LogP contribution in [0.1, 0.15) is 33.1 Å². The molecule has 1 heterocycles. The first-order chi connectivity index (χ1) is 7.16. The average Bonchev–Trinajstić information content (AvgIpc) is 2.58. The maximum atomic E-state index is 4.19. The Bertz CT molecular complexity index is 308. The van der Waals surface area contributed by atoms with E-state index >= 15 is 0 Å². The lowest BCUT2D eigenvalue weighted by Gasteiger charge is -2.35. The summed E-state index contributed by atoms with van der Waals surface area (Å²) >= 11 is 0. The molecule has 2 rings (SSSR count). The van der Waals surface area contributed by atoms with Gasteiger partial charge in [-0.15, -0.1) is 0 Å². The molecule has 15 heavy (non-hydrogen) atoms. The minimum atomic E-state index is 0.614. The molecule has 0 aromatic carbocycles. The van der Waals surface area contributed by atoms with Gasteiger partial charge < -0.3 is 5.32 Å². The summed E-state index contributed by atoms with van der Waals surface area (Å²) in [5, 5.41) is 7.80. The second-order valence-corrected chi connectivity index (χ2v) is 4.96. The molecule has 2 atom stereocenters. The van der Waals surface area contributed by atoms with Gasteiger partial charge in [-0.25, -0.2) is 0 Å². The smallest absolute Gasteiger partial charge is 0.0728 e. The summed E-state index contributed by atoms with van der Waals surface area (Å²) in [5.41, 5.74) is 1.16. The third-order valence-electron chi connectivity index (χ3n) is 3.58. The zero-order valence-corrected chi connectivity index (χ0v) is 9.90. The first-order valence-electron chi connectivity index (χ1n) is 5.92. The molecule has 0 unspecified atom stereocenters. The minimum Gasteiger partial charge on any atom is -0.379 e. The van der Waals surface area contributed by atoms with E-state index < -0.39 is 0 Å². The lowest BCUT2D eigenvalue weighted by atomic mass is 9.78. The molecule has 0 radical (unpaired) electrons. The zero-order valence-electron chi connectivity index (χ0n) is 9.90. The number of hydrogen-bond acceptors (Lipinski definition) is 2. The third-order valence-corrected chi connectivity index (χ3v) is 3.58. The molecule has 84 valence electrons. The molecule has 0 aliphatic heterocycles. The van der Waals surface area contributed by atoms with Crippen molar-refractivity contribution in [2.24, 2.45) is 18.9 Å². The molecular weight excluding hydrogens is 186 g/mol. The number of hydrogen-bond donors (Lipinski definition) is 1. The highest BCUT2D eigenvalue weighted by Crippen LogP contribution is 2.31. The van der Waals surface area contributed by atoms with E-state index in [0.717, 1.165) is 17.5 Å². The highest BCUT2D eigenvalue weighted by Gasteiger charge is 2.27. The van der Waals surface area contributed by atoms with E-state index in [2.05, 4.69) is 24.3 Å². The Balaban J connectivity index is 2.03. The summed E-state index contributed by atoms with van der Waals surface area (Å²) in [6.07, 6.45) is 8.04. The largest absolute Gasteiger partial charge is 0.379 e. The van der Waals surface area contributed by atoms with E-state index in [1.807, 2.05) is 24.1 Å². The minimum absolute atomic E-state index is 0.614. The molecule has 1 aliphatic carbocycles. The Labute approximate surface area is 91.9 Å². The van der Waals surface area contributed by atoms with E-state index in [1.54, 1.807) is 0 Å². The summed E-state index contributed by atoms with van der Waals surface area (Å²) < 4.78 is 1.85. The number of nitrogens with zero attached hydrogens (tertiary/aromatic N) is 2. The summed E-state index contributed by atoms with van der Waals surface area (Å²) in [4.78, 5) is 0. The van der Waals surface area contributed by atoms with Crippen molar-refractivity contribution in [1.29, 1.82) is 0 Å². The monoisotopic (exact) mass is 207 g/mol. The zero-order chi connectivity index (χ0) is 10.8. The van der Waals surface area contributed by atoms with Gasteiger partial charge in [0.15, 0.2) is 0 Å². The molecule has 0 bridgehead atoms. The van der Waals surface area contributed by atoms with E-state index in [0.29, 0.717) is 6.04 Å². The van der Waals surface area contributed by atoms with Crippen molar-refractivity contribution in [1.82, 2.24) is 9.78 Å². The second-order valence-electron chi connectivity index (χ2n) is 4.96. The van der Waals surface area contributed by atoms with Crippen LogP contribution in [0, 0.1) is 11.8 Å². The maximum absolute atomic E-state index is 4.19. The van der Waals surface area contributed by atoms with Crippen LogP contribution < -0.4 is 5.32 Å². The topological polar surface area (TPSA) is 29.9 Å². The Morgan fingerprint density at radius 2 is 2.00 bits per heavy atom.